The van der Waals surface area contributed by atoms with Crippen LogP contribution in [0.25, 0.3) is 0 Å². The summed E-state index contributed by atoms with van der Waals surface area (Å²) in [6, 6.07) is 9.53. The highest BCUT2D eigenvalue weighted by molar-refractivity contribution is 5.77. The van der Waals surface area contributed by atoms with E-state index in [9.17, 15) is 14.7 Å². The summed E-state index contributed by atoms with van der Waals surface area (Å²) in [5.74, 6) is -0.769. The van der Waals surface area contributed by atoms with Crippen molar-refractivity contribution in [2.75, 3.05) is 6.54 Å². The van der Waals surface area contributed by atoms with Crippen molar-refractivity contribution in [1.82, 2.24) is 5.32 Å². The molecule has 1 unspecified atom stereocenters. The van der Waals surface area contributed by atoms with Gasteiger partial charge in [0.1, 0.15) is 0 Å². The Morgan fingerprint density at radius 3 is 2.50 bits per heavy atom. The van der Waals surface area contributed by atoms with Crippen molar-refractivity contribution in [2.24, 2.45) is 11.8 Å². The average molecular weight is 303 g/mol. The van der Waals surface area contributed by atoms with Gasteiger partial charge in [0.15, 0.2) is 0 Å². The molecule has 0 aliphatic heterocycles. The van der Waals surface area contributed by atoms with Gasteiger partial charge in [0.2, 0.25) is 5.91 Å². The zero-order valence-electron chi connectivity index (χ0n) is 13.0. The molecule has 2 rings (SSSR count). The number of carboxylic acids is 1. The van der Waals surface area contributed by atoms with Crippen LogP contribution in [0.15, 0.2) is 30.3 Å². The lowest BCUT2D eigenvalue weighted by molar-refractivity contribution is -0.141. The quantitative estimate of drug-likeness (QED) is 0.776. The van der Waals surface area contributed by atoms with Crippen molar-refractivity contribution < 1.29 is 14.7 Å². The maximum atomic E-state index is 11.9. The van der Waals surface area contributed by atoms with Gasteiger partial charge in [-0.25, -0.2) is 0 Å². The van der Waals surface area contributed by atoms with Crippen molar-refractivity contribution in [3.05, 3.63) is 35.9 Å². The first-order valence-electron chi connectivity index (χ1n) is 8.18. The Morgan fingerprint density at radius 1 is 1.18 bits per heavy atom. The number of amides is 1. The molecule has 1 aliphatic rings. The Balaban J connectivity index is 1.73. The standard InChI is InChI=1S/C18H25NO3/c20-17(11-10-14-6-4-5-7-14)19-13-16(18(21)22)12-15-8-2-1-3-9-15/h1-3,8-9,14,16H,4-7,10-13H2,(H,19,20)(H,21,22). The van der Waals surface area contributed by atoms with Gasteiger partial charge in [-0.1, -0.05) is 56.0 Å². The SMILES string of the molecule is O=C(CCC1CCCC1)NCC(Cc1ccccc1)C(=O)O. The number of hydrogen-bond acceptors (Lipinski definition) is 2. The van der Waals surface area contributed by atoms with Gasteiger partial charge in [-0.15, -0.1) is 0 Å². The number of carboxylic acid groups (broad SMARTS) is 1. The lowest BCUT2D eigenvalue weighted by atomic mass is 9.99. The molecule has 0 bridgehead atoms. The first-order chi connectivity index (χ1) is 10.6. The highest BCUT2D eigenvalue weighted by Gasteiger charge is 2.20. The molecule has 1 aromatic rings. The Labute approximate surface area is 131 Å². The van der Waals surface area contributed by atoms with Gasteiger partial charge in [-0.3, -0.25) is 9.59 Å². The van der Waals surface area contributed by atoms with Crippen LogP contribution in [-0.2, 0) is 16.0 Å². The summed E-state index contributed by atoms with van der Waals surface area (Å²) in [7, 11) is 0. The molecule has 1 fully saturated rings. The van der Waals surface area contributed by atoms with Gasteiger partial charge >= 0.3 is 5.97 Å². The third-order valence-corrected chi connectivity index (χ3v) is 4.47. The molecule has 0 spiro atoms. The van der Waals surface area contributed by atoms with E-state index in [4.69, 9.17) is 0 Å². The maximum Gasteiger partial charge on any atom is 0.308 e. The molecule has 1 saturated carbocycles. The zero-order chi connectivity index (χ0) is 15.8. The second-order valence-electron chi connectivity index (χ2n) is 6.22. The molecule has 4 nitrogen and oxygen atoms in total. The van der Waals surface area contributed by atoms with Crippen molar-refractivity contribution in [3.8, 4) is 0 Å². The van der Waals surface area contributed by atoms with Gasteiger partial charge < -0.3 is 10.4 Å². The van der Waals surface area contributed by atoms with Crippen LogP contribution >= 0.6 is 0 Å². The molecule has 1 aromatic carbocycles. The number of rotatable bonds is 8. The number of hydrogen-bond donors (Lipinski definition) is 2. The predicted molar refractivity (Wildman–Crippen MR) is 85.5 cm³/mol. The Bertz CT molecular complexity index is 480. The third kappa shape index (κ3) is 5.51. The first kappa shape index (κ1) is 16.5. The van der Waals surface area contributed by atoms with E-state index in [-0.39, 0.29) is 12.5 Å². The average Bonchev–Trinajstić information content (AvgIpc) is 3.03. The topological polar surface area (TPSA) is 66.4 Å². The molecular weight excluding hydrogens is 278 g/mol. The van der Waals surface area contributed by atoms with E-state index in [1.54, 1.807) is 0 Å². The van der Waals surface area contributed by atoms with Crippen molar-refractivity contribution in [1.29, 1.82) is 0 Å². The Kier molecular flexibility index (Phi) is 6.44. The van der Waals surface area contributed by atoms with E-state index < -0.39 is 11.9 Å². The van der Waals surface area contributed by atoms with Crippen LogP contribution in [0.4, 0.5) is 0 Å². The second kappa shape index (κ2) is 8.57. The zero-order valence-corrected chi connectivity index (χ0v) is 13.0. The normalized spacial score (nSPS) is 16.4. The van der Waals surface area contributed by atoms with Crippen LogP contribution in [0.1, 0.15) is 44.1 Å². The summed E-state index contributed by atoms with van der Waals surface area (Å²) in [6.07, 6.45) is 6.93. The van der Waals surface area contributed by atoms with Gasteiger partial charge in [-0.2, -0.15) is 0 Å². The Morgan fingerprint density at radius 2 is 1.86 bits per heavy atom. The minimum Gasteiger partial charge on any atom is -0.481 e. The van der Waals surface area contributed by atoms with Crippen molar-refractivity contribution in [2.45, 2.75) is 44.9 Å². The van der Waals surface area contributed by atoms with Crippen LogP contribution < -0.4 is 5.32 Å². The highest BCUT2D eigenvalue weighted by atomic mass is 16.4. The summed E-state index contributed by atoms with van der Waals surface area (Å²) in [4.78, 5) is 23.2. The number of nitrogens with one attached hydrogen (secondary N) is 1. The van der Waals surface area contributed by atoms with E-state index in [2.05, 4.69) is 5.32 Å². The fraction of sp³-hybridized carbons (Fsp3) is 0.556. The maximum absolute atomic E-state index is 11.9. The molecule has 1 aliphatic carbocycles. The summed E-state index contributed by atoms with van der Waals surface area (Å²) in [5.41, 5.74) is 0.982. The van der Waals surface area contributed by atoms with Gasteiger partial charge in [0, 0.05) is 13.0 Å². The number of carbonyl (C=O) groups excluding carboxylic acids is 1. The van der Waals surface area contributed by atoms with Gasteiger partial charge in [-0.05, 0) is 24.3 Å². The fourth-order valence-electron chi connectivity index (χ4n) is 3.11. The highest BCUT2D eigenvalue weighted by Crippen LogP contribution is 2.28. The summed E-state index contributed by atoms with van der Waals surface area (Å²) in [6.45, 7) is 0.202. The summed E-state index contributed by atoms with van der Waals surface area (Å²) in [5, 5.41) is 12.1. The number of aliphatic carboxylic acids is 1. The molecule has 0 saturated heterocycles. The molecule has 1 amide bonds. The molecule has 0 heterocycles. The van der Waals surface area contributed by atoms with Crippen LogP contribution in [0.3, 0.4) is 0 Å². The van der Waals surface area contributed by atoms with Crippen LogP contribution in [0.5, 0.6) is 0 Å². The predicted octanol–water partition coefficient (Wildman–Crippen LogP) is 3.02. The van der Waals surface area contributed by atoms with E-state index in [0.717, 1.165) is 12.0 Å². The number of benzene rings is 1. The van der Waals surface area contributed by atoms with Crippen LogP contribution in [0.2, 0.25) is 0 Å². The van der Waals surface area contributed by atoms with Crippen LogP contribution in [0, 0.1) is 11.8 Å². The number of carbonyl (C=O) groups is 2. The van der Waals surface area contributed by atoms with E-state index in [1.807, 2.05) is 30.3 Å². The van der Waals surface area contributed by atoms with E-state index in [1.165, 1.54) is 25.7 Å². The van der Waals surface area contributed by atoms with Gasteiger partial charge in [0.25, 0.3) is 0 Å². The lowest BCUT2D eigenvalue weighted by Gasteiger charge is -2.14. The smallest absolute Gasteiger partial charge is 0.308 e. The molecule has 1 atom stereocenters. The molecule has 2 N–H and O–H groups in total. The van der Waals surface area contributed by atoms with E-state index in [0.29, 0.717) is 18.8 Å². The van der Waals surface area contributed by atoms with Crippen molar-refractivity contribution in [3.63, 3.8) is 0 Å². The molecule has 120 valence electrons. The minimum absolute atomic E-state index is 0.0220. The first-order valence-corrected chi connectivity index (χ1v) is 8.18. The summed E-state index contributed by atoms with van der Waals surface area (Å²) >= 11 is 0. The minimum atomic E-state index is -0.861. The van der Waals surface area contributed by atoms with E-state index >= 15 is 0 Å². The summed E-state index contributed by atoms with van der Waals surface area (Å²) < 4.78 is 0. The Hall–Kier alpha value is -1.84. The molecular formula is C18H25NO3. The molecule has 4 heteroatoms. The second-order valence-corrected chi connectivity index (χ2v) is 6.22. The fourth-order valence-corrected chi connectivity index (χ4v) is 3.11. The third-order valence-electron chi connectivity index (χ3n) is 4.47. The largest absolute Gasteiger partial charge is 0.481 e. The van der Waals surface area contributed by atoms with Crippen molar-refractivity contribution >= 4 is 11.9 Å². The molecule has 0 radical (unpaired) electrons. The monoisotopic (exact) mass is 303 g/mol. The van der Waals surface area contributed by atoms with Gasteiger partial charge in [0.05, 0.1) is 5.92 Å². The lowest BCUT2D eigenvalue weighted by Crippen LogP contribution is -2.34. The van der Waals surface area contributed by atoms with Crippen LogP contribution in [-0.4, -0.2) is 23.5 Å². The molecule has 0 aromatic heterocycles. The molecule has 22 heavy (non-hydrogen) atoms.